The molecule has 20 heavy (non-hydrogen) atoms. The van der Waals surface area contributed by atoms with Crippen LogP contribution in [0.15, 0.2) is 34.2 Å². The maximum absolute atomic E-state index is 11.4. The largest absolute Gasteiger partial charge is 0.497 e. The van der Waals surface area contributed by atoms with E-state index in [0.717, 1.165) is 17.0 Å². The number of aromatic nitrogens is 3. The van der Waals surface area contributed by atoms with Gasteiger partial charge in [0.05, 0.1) is 12.8 Å². The van der Waals surface area contributed by atoms with E-state index in [9.17, 15) is 4.79 Å². The molecular weight excluding hydrogens is 258 g/mol. The van der Waals surface area contributed by atoms with Crippen molar-refractivity contribution in [2.24, 2.45) is 5.10 Å². The minimum absolute atomic E-state index is 0.202. The Labute approximate surface area is 115 Å². The summed E-state index contributed by atoms with van der Waals surface area (Å²) in [4.78, 5) is 13.9. The summed E-state index contributed by atoms with van der Waals surface area (Å²) in [7, 11) is 1.61. The molecule has 0 aliphatic heterocycles. The lowest BCUT2D eigenvalue weighted by atomic mass is 10.1. The number of H-pyrrole nitrogens is 1. The number of hydrogen-bond donors (Lipinski definition) is 2. The highest BCUT2D eigenvalue weighted by molar-refractivity contribution is 5.99. The van der Waals surface area contributed by atoms with Gasteiger partial charge in [-0.25, -0.2) is 5.43 Å². The van der Waals surface area contributed by atoms with Gasteiger partial charge < -0.3 is 4.74 Å². The lowest BCUT2D eigenvalue weighted by Gasteiger charge is -2.04. The molecule has 0 aliphatic carbocycles. The zero-order chi connectivity index (χ0) is 14.5. The summed E-state index contributed by atoms with van der Waals surface area (Å²) in [6.07, 6.45) is 0. The molecule has 2 N–H and O–H groups in total. The molecule has 104 valence electrons. The summed E-state index contributed by atoms with van der Waals surface area (Å²) in [5.41, 5.74) is 4.36. The van der Waals surface area contributed by atoms with Gasteiger partial charge in [0.2, 0.25) is 5.95 Å². The van der Waals surface area contributed by atoms with Gasteiger partial charge in [-0.3, -0.25) is 9.78 Å². The molecule has 7 nitrogen and oxygen atoms in total. The number of nitrogens with zero attached hydrogens (tertiary/aromatic N) is 3. The predicted octanol–water partition coefficient (Wildman–Crippen LogP) is 1.32. The van der Waals surface area contributed by atoms with Crippen LogP contribution >= 0.6 is 0 Å². The minimum Gasteiger partial charge on any atom is -0.497 e. The number of benzene rings is 1. The van der Waals surface area contributed by atoms with Gasteiger partial charge in [0, 0.05) is 0 Å². The Hall–Kier alpha value is -2.70. The summed E-state index contributed by atoms with van der Waals surface area (Å²) in [5, 5.41) is 11.6. The van der Waals surface area contributed by atoms with Gasteiger partial charge in [-0.2, -0.15) is 5.10 Å². The molecule has 1 heterocycles. The van der Waals surface area contributed by atoms with E-state index in [1.165, 1.54) is 0 Å². The summed E-state index contributed by atoms with van der Waals surface area (Å²) < 4.78 is 5.09. The molecule has 0 fully saturated rings. The zero-order valence-corrected chi connectivity index (χ0v) is 11.5. The van der Waals surface area contributed by atoms with Crippen molar-refractivity contribution in [1.82, 2.24) is 15.2 Å². The van der Waals surface area contributed by atoms with Crippen molar-refractivity contribution in [3.05, 3.63) is 45.9 Å². The molecule has 0 spiro atoms. The number of nitrogens with one attached hydrogen (secondary N) is 2. The molecule has 2 aromatic rings. The SMILES string of the molecule is COc1ccc(/C(C)=N/Nc2nnc(C)c(=O)[nH]2)cc1. The van der Waals surface area contributed by atoms with Crippen LogP contribution in [0.3, 0.4) is 0 Å². The maximum Gasteiger partial charge on any atom is 0.274 e. The minimum atomic E-state index is -0.292. The number of aryl methyl sites for hydroxylation is 1. The van der Waals surface area contributed by atoms with Crippen LogP contribution in [-0.4, -0.2) is 28.0 Å². The Kier molecular flexibility index (Phi) is 4.09. The smallest absolute Gasteiger partial charge is 0.274 e. The van der Waals surface area contributed by atoms with E-state index in [2.05, 4.69) is 25.7 Å². The van der Waals surface area contributed by atoms with Crippen molar-refractivity contribution in [2.45, 2.75) is 13.8 Å². The first-order chi connectivity index (χ1) is 9.60. The Morgan fingerprint density at radius 3 is 2.60 bits per heavy atom. The van der Waals surface area contributed by atoms with E-state index in [-0.39, 0.29) is 11.5 Å². The van der Waals surface area contributed by atoms with E-state index in [4.69, 9.17) is 4.74 Å². The van der Waals surface area contributed by atoms with Gasteiger partial charge in [-0.15, -0.1) is 10.2 Å². The van der Waals surface area contributed by atoms with Crippen LogP contribution in [0, 0.1) is 6.92 Å². The molecule has 2 rings (SSSR count). The van der Waals surface area contributed by atoms with Crippen molar-refractivity contribution >= 4 is 11.7 Å². The van der Waals surface area contributed by atoms with Crippen molar-refractivity contribution in [3.63, 3.8) is 0 Å². The number of anilines is 1. The maximum atomic E-state index is 11.4. The molecule has 0 bridgehead atoms. The second-order valence-electron chi connectivity index (χ2n) is 4.13. The lowest BCUT2D eigenvalue weighted by molar-refractivity contribution is 0.415. The van der Waals surface area contributed by atoms with Gasteiger partial charge >= 0.3 is 0 Å². The molecule has 0 aliphatic rings. The molecule has 0 amide bonds. The molecule has 0 saturated carbocycles. The van der Waals surface area contributed by atoms with Gasteiger partial charge in [0.25, 0.3) is 5.56 Å². The molecule has 0 atom stereocenters. The number of hydrazone groups is 1. The third-order valence-corrected chi connectivity index (χ3v) is 2.70. The van der Waals surface area contributed by atoms with E-state index in [1.54, 1.807) is 14.0 Å². The Bertz CT molecular complexity index is 676. The van der Waals surface area contributed by atoms with Crippen LogP contribution in [0.1, 0.15) is 18.2 Å². The van der Waals surface area contributed by atoms with Crippen LogP contribution in [0.25, 0.3) is 0 Å². The van der Waals surface area contributed by atoms with Crippen molar-refractivity contribution in [3.8, 4) is 5.75 Å². The van der Waals surface area contributed by atoms with E-state index >= 15 is 0 Å². The van der Waals surface area contributed by atoms with E-state index < -0.39 is 0 Å². The van der Waals surface area contributed by atoms with Crippen LogP contribution in [0.2, 0.25) is 0 Å². The standard InChI is InChI=1S/C13H15N5O2/c1-8(10-4-6-11(20-3)7-5-10)15-17-13-14-12(19)9(2)16-18-13/h4-7H,1-3H3,(H2,14,17,18,19)/b15-8+. The van der Waals surface area contributed by atoms with Gasteiger partial charge in [-0.1, -0.05) is 0 Å². The van der Waals surface area contributed by atoms with Gasteiger partial charge in [0.15, 0.2) is 0 Å². The Morgan fingerprint density at radius 1 is 1.30 bits per heavy atom. The predicted molar refractivity (Wildman–Crippen MR) is 76.2 cm³/mol. The molecule has 1 aromatic heterocycles. The molecule has 0 radical (unpaired) electrons. The second-order valence-corrected chi connectivity index (χ2v) is 4.13. The normalized spacial score (nSPS) is 11.2. The first kappa shape index (κ1) is 13.7. The van der Waals surface area contributed by atoms with Crippen molar-refractivity contribution in [1.29, 1.82) is 0 Å². The van der Waals surface area contributed by atoms with Crippen LogP contribution < -0.4 is 15.7 Å². The van der Waals surface area contributed by atoms with Crippen LogP contribution in [0.4, 0.5) is 5.95 Å². The van der Waals surface area contributed by atoms with Gasteiger partial charge in [-0.05, 0) is 43.7 Å². The first-order valence-corrected chi connectivity index (χ1v) is 5.98. The molecular formula is C13H15N5O2. The molecule has 7 heteroatoms. The summed E-state index contributed by atoms with van der Waals surface area (Å²) in [6.45, 7) is 3.43. The third kappa shape index (κ3) is 3.19. The summed E-state index contributed by atoms with van der Waals surface area (Å²) in [6, 6.07) is 7.48. The monoisotopic (exact) mass is 273 g/mol. The fourth-order valence-corrected chi connectivity index (χ4v) is 1.48. The highest BCUT2D eigenvalue weighted by atomic mass is 16.5. The first-order valence-electron chi connectivity index (χ1n) is 5.98. The molecule has 0 unspecified atom stereocenters. The fourth-order valence-electron chi connectivity index (χ4n) is 1.48. The summed E-state index contributed by atoms with van der Waals surface area (Å²) >= 11 is 0. The quantitative estimate of drug-likeness (QED) is 0.647. The average molecular weight is 273 g/mol. The van der Waals surface area contributed by atoms with Crippen LogP contribution in [0.5, 0.6) is 5.75 Å². The zero-order valence-electron chi connectivity index (χ0n) is 11.5. The van der Waals surface area contributed by atoms with Crippen LogP contribution in [-0.2, 0) is 0 Å². The highest BCUT2D eigenvalue weighted by Crippen LogP contribution is 2.12. The number of ether oxygens (including phenoxy) is 1. The number of aromatic amines is 1. The number of hydrogen-bond acceptors (Lipinski definition) is 6. The average Bonchev–Trinajstić information content (AvgIpc) is 2.48. The topological polar surface area (TPSA) is 92.3 Å². The third-order valence-electron chi connectivity index (χ3n) is 2.70. The lowest BCUT2D eigenvalue weighted by Crippen LogP contribution is -2.16. The highest BCUT2D eigenvalue weighted by Gasteiger charge is 2.01. The van der Waals surface area contributed by atoms with Gasteiger partial charge in [0.1, 0.15) is 11.4 Å². The fraction of sp³-hybridized carbons (Fsp3) is 0.231. The summed E-state index contributed by atoms with van der Waals surface area (Å²) in [5.74, 6) is 0.983. The molecule has 0 saturated heterocycles. The Morgan fingerprint density at radius 2 is 2.00 bits per heavy atom. The number of rotatable bonds is 4. The van der Waals surface area contributed by atoms with Crippen molar-refractivity contribution in [2.75, 3.05) is 12.5 Å². The molecule has 1 aromatic carbocycles. The van der Waals surface area contributed by atoms with E-state index in [0.29, 0.717) is 5.69 Å². The second kappa shape index (κ2) is 5.96. The van der Waals surface area contributed by atoms with Crippen molar-refractivity contribution < 1.29 is 4.74 Å². The Balaban J connectivity index is 2.13. The van der Waals surface area contributed by atoms with E-state index in [1.807, 2.05) is 31.2 Å². The number of methoxy groups -OCH3 is 1.